The molecule has 0 heterocycles. The molecule has 0 amide bonds. The van der Waals surface area contributed by atoms with E-state index in [9.17, 15) is 0 Å². The zero-order valence-corrected chi connectivity index (χ0v) is 10.7. The van der Waals surface area contributed by atoms with Gasteiger partial charge in [0.1, 0.15) is 0 Å². The van der Waals surface area contributed by atoms with Crippen molar-refractivity contribution < 1.29 is 9.47 Å². The van der Waals surface area contributed by atoms with Gasteiger partial charge in [-0.25, -0.2) is 0 Å². The lowest BCUT2D eigenvalue weighted by molar-refractivity contribution is 0.0757. The van der Waals surface area contributed by atoms with E-state index in [1.54, 1.807) is 7.11 Å². The summed E-state index contributed by atoms with van der Waals surface area (Å²) in [7, 11) is 1.75. The number of nitrogens with one attached hydrogen (secondary N) is 1. The van der Waals surface area contributed by atoms with Gasteiger partial charge in [-0.2, -0.15) is 0 Å². The molecule has 0 aromatic carbocycles. The highest BCUT2D eigenvalue weighted by atomic mass is 16.5. The van der Waals surface area contributed by atoms with Gasteiger partial charge in [0.05, 0.1) is 12.7 Å². The Labute approximate surface area is 94.5 Å². The molecule has 0 radical (unpaired) electrons. The molecule has 0 aromatic rings. The second-order valence-corrected chi connectivity index (χ2v) is 4.14. The highest BCUT2D eigenvalue weighted by Gasteiger charge is 2.03. The molecule has 0 rings (SSSR count). The number of hydrogen-bond donors (Lipinski definition) is 1. The Hall–Kier alpha value is -0.120. The van der Waals surface area contributed by atoms with Crippen molar-refractivity contribution in [2.45, 2.75) is 52.2 Å². The van der Waals surface area contributed by atoms with Crippen LogP contribution >= 0.6 is 0 Å². The van der Waals surface area contributed by atoms with Crippen LogP contribution in [-0.4, -0.2) is 39.0 Å². The number of rotatable bonds is 10. The first-order chi connectivity index (χ1) is 7.20. The van der Waals surface area contributed by atoms with Gasteiger partial charge in [-0.15, -0.1) is 0 Å². The van der Waals surface area contributed by atoms with Gasteiger partial charge in [0.25, 0.3) is 0 Å². The molecule has 0 saturated carbocycles. The van der Waals surface area contributed by atoms with E-state index < -0.39 is 0 Å². The van der Waals surface area contributed by atoms with Crippen molar-refractivity contribution in [1.29, 1.82) is 0 Å². The first kappa shape index (κ1) is 14.9. The molecule has 0 aromatic heterocycles. The molecule has 1 unspecified atom stereocenters. The Kier molecular flexibility index (Phi) is 10.3. The minimum atomic E-state index is 0.356. The molecule has 0 bridgehead atoms. The van der Waals surface area contributed by atoms with Gasteiger partial charge >= 0.3 is 0 Å². The monoisotopic (exact) mass is 217 g/mol. The fourth-order valence-corrected chi connectivity index (χ4v) is 1.37. The van der Waals surface area contributed by atoms with Crippen molar-refractivity contribution in [1.82, 2.24) is 5.32 Å². The predicted molar refractivity (Wildman–Crippen MR) is 64.3 cm³/mol. The van der Waals surface area contributed by atoms with E-state index in [4.69, 9.17) is 9.47 Å². The second kappa shape index (κ2) is 10.4. The van der Waals surface area contributed by atoms with Crippen molar-refractivity contribution in [3.05, 3.63) is 0 Å². The minimum Gasteiger partial charge on any atom is -0.383 e. The topological polar surface area (TPSA) is 30.5 Å². The van der Waals surface area contributed by atoms with Crippen LogP contribution in [0.3, 0.4) is 0 Å². The van der Waals surface area contributed by atoms with E-state index in [-0.39, 0.29) is 0 Å². The Morgan fingerprint density at radius 2 is 1.93 bits per heavy atom. The second-order valence-electron chi connectivity index (χ2n) is 4.14. The van der Waals surface area contributed by atoms with Crippen molar-refractivity contribution in [3.8, 4) is 0 Å². The molecular formula is C12H27NO2. The first-order valence-electron chi connectivity index (χ1n) is 6.04. The number of methoxy groups -OCH3 is 1. The molecule has 3 heteroatoms. The van der Waals surface area contributed by atoms with Crippen LogP contribution in [0.4, 0.5) is 0 Å². The Bertz CT molecular complexity index is 129. The maximum atomic E-state index is 5.47. The van der Waals surface area contributed by atoms with E-state index in [2.05, 4.69) is 26.1 Å². The van der Waals surface area contributed by atoms with Crippen LogP contribution in [0.25, 0.3) is 0 Å². The van der Waals surface area contributed by atoms with Crippen LogP contribution in [0.2, 0.25) is 0 Å². The van der Waals surface area contributed by atoms with Crippen molar-refractivity contribution in [2.75, 3.05) is 26.9 Å². The lowest BCUT2D eigenvalue weighted by Gasteiger charge is -2.15. The Morgan fingerprint density at radius 1 is 1.20 bits per heavy atom. The molecule has 0 aliphatic carbocycles. The summed E-state index contributed by atoms with van der Waals surface area (Å²) in [4.78, 5) is 0. The lowest BCUT2D eigenvalue weighted by Crippen LogP contribution is -2.33. The third kappa shape index (κ3) is 10.2. The molecule has 15 heavy (non-hydrogen) atoms. The van der Waals surface area contributed by atoms with Gasteiger partial charge in [0, 0.05) is 19.8 Å². The van der Waals surface area contributed by atoms with E-state index >= 15 is 0 Å². The highest BCUT2D eigenvalue weighted by molar-refractivity contribution is 4.63. The summed E-state index contributed by atoms with van der Waals surface area (Å²) < 4.78 is 10.6. The molecule has 0 aliphatic rings. The van der Waals surface area contributed by atoms with Crippen LogP contribution in [0.5, 0.6) is 0 Å². The fraction of sp³-hybridized carbons (Fsp3) is 1.00. The minimum absolute atomic E-state index is 0.356. The fourth-order valence-electron chi connectivity index (χ4n) is 1.37. The van der Waals surface area contributed by atoms with Gasteiger partial charge in [-0.1, -0.05) is 6.92 Å². The van der Waals surface area contributed by atoms with Crippen LogP contribution in [0, 0.1) is 0 Å². The number of hydrogen-bond acceptors (Lipinski definition) is 3. The molecule has 0 aliphatic heterocycles. The van der Waals surface area contributed by atoms with Gasteiger partial charge in [-0.3, -0.25) is 0 Å². The first-order valence-corrected chi connectivity index (χ1v) is 6.04. The normalized spacial score (nSPS) is 13.4. The third-order valence-electron chi connectivity index (χ3n) is 2.32. The molecule has 3 nitrogen and oxygen atoms in total. The summed E-state index contributed by atoms with van der Waals surface area (Å²) in [5, 5.41) is 3.48. The largest absolute Gasteiger partial charge is 0.383 e. The zero-order valence-electron chi connectivity index (χ0n) is 10.7. The molecule has 1 atom stereocenters. The molecule has 0 saturated heterocycles. The summed E-state index contributed by atoms with van der Waals surface area (Å²) in [6.45, 7) is 9.06. The van der Waals surface area contributed by atoms with Crippen molar-refractivity contribution in [3.63, 3.8) is 0 Å². The van der Waals surface area contributed by atoms with Crippen molar-refractivity contribution >= 4 is 0 Å². The SMILES string of the molecule is CCC(COC)NCCCCOC(C)C. The summed E-state index contributed by atoms with van der Waals surface area (Å²) >= 11 is 0. The summed E-state index contributed by atoms with van der Waals surface area (Å²) in [5.74, 6) is 0. The maximum absolute atomic E-state index is 5.47. The summed E-state index contributed by atoms with van der Waals surface area (Å²) in [6.07, 6.45) is 3.78. The lowest BCUT2D eigenvalue weighted by atomic mass is 10.2. The standard InChI is InChI=1S/C12H27NO2/c1-5-12(10-14-4)13-8-6-7-9-15-11(2)3/h11-13H,5-10H2,1-4H3. The average Bonchev–Trinajstić information content (AvgIpc) is 2.21. The predicted octanol–water partition coefficient (Wildman–Crippen LogP) is 2.21. The van der Waals surface area contributed by atoms with Crippen molar-refractivity contribution in [2.24, 2.45) is 0 Å². The zero-order chi connectivity index (χ0) is 11.5. The van der Waals surface area contributed by atoms with Crippen LogP contribution < -0.4 is 5.32 Å². The smallest absolute Gasteiger partial charge is 0.0615 e. The van der Waals surface area contributed by atoms with E-state index in [0.717, 1.165) is 32.6 Å². The van der Waals surface area contributed by atoms with Gasteiger partial charge < -0.3 is 14.8 Å². The van der Waals surface area contributed by atoms with Crippen LogP contribution in [0.1, 0.15) is 40.0 Å². The molecular weight excluding hydrogens is 190 g/mol. The Balaban J connectivity index is 3.21. The van der Waals surface area contributed by atoms with Gasteiger partial charge in [0.15, 0.2) is 0 Å². The summed E-state index contributed by atoms with van der Waals surface area (Å²) in [6, 6.07) is 0.501. The van der Waals surface area contributed by atoms with E-state index in [1.807, 2.05) is 0 Å². The van der Waals surface area contributed by atoms with Gasteiger partial charge in [-0.05, 0) is 39.7 Å². The molecule has 0 spiro atoms. The molecule has 1 N–H and O–H groups in total. The summed E-state index contributed by atoms with van der Waals surface area (Å²) in [5.41, 5.74) is 0. The number of ether oxygens (including phenoxy) is 2. The van der Waals surface area contributed by atoms with E-state index in [0.29, 0.717) is 12.1 Å². The van der Waals surface area contributed by atoms with Crippen LogP contribution in [0.15, 0.2) is 0 Å². The third-order valence-corrected chi connectivity index (χ3v) is 2.32. The Morgan fingerprint density at radius 3 is 2.47 bits per heavy atom. The quantitative estimate of drug-likeness (QED) is 0.569. The van der Waals surface area contributed by atoms with E-state index in [1.165, 1.54) is 6.42 Å². The van der Waals surface area contributed by atoms with Gasteiger partial charge in [0.2, 0.25) is 0 Å². The maximum Gasteiger partial charge on any atom is 0.0615 e. The average molecular weight is 217 g/mol. The van der Waals surface area contributed by atoms with Crippen LogP contribution in [-0.2, 0) is 9.47 Å². The molecule has 0 fully saturated rings. The number of unbranched alkanes of at least 4 members (excludes halogenated alkanes) is 1. The molecule has 92 valence electrons. The highest BCUT2D eigenvalue weighted by Crippen LogP contribution is 1.96.